The number of anilines is 2. The molecule has 0 aliphatic carbocycles. The van der Waals surface area contributed by atoms with E-state index in [2.05, 4.69) is 20.8 Å². The summed E-state index contributed by atoms with van der Waals surface area (Å²) in [5.41, 5.74) is 2.72. The van der Waals surface area contributed by atoms with E-state index in [-0.39, 0.29) is 17.6 Å². The van der Waals surface area contributed by atoms with Crippen molar-refractivity contribution in [1.29, 1.82) is 0 Å². The molecule has 4 aromatic rings. The fraction of sp³-hybridized carbons (Fsp3) is 0.185. The van der Waals surface area contributed by atoms with Crippen molar-refractivity contribution >= 4 is 35.0 Å². The van der Waals surface area contributed by atoms with Crippen molar-refractivity contribution < 1.29 is 9.59 Å². The van der Waals surface area contributed by atoms with Gasteiger partial charge in [0.2, 0.25) is 11.8 Å². The van der Waals surface area contributed by atoms with E-state index in [4.69, 9.17) is 0 Å². The summed E-state index contributed by atoms with van der Waals surface area (Å²) in [4.78, 5) is 24.8. The molecule has 8 heteroatoms. The number of nitrogens with one attached hydrogen (secondary N) is 2. The zero-order valence-electron chi connectivity index (χ0n) is 19.9. The molecule has 0 radical (unpaired) electrons. The standard InChI is InChI=1S/C27H27N5O2S/c1-27(2,3)25(34)29-21-16-14-20(15-17-21)28-23(33)18-35-26-31-30-24(19-10-6-4-7-11-19)32(26)22-12-8-5-9-13-22/h4-17H,18H2,1-3H3,(H,28,33)(H,29,34). The van der Waals surface area contributed by atoms with Crippen molar-refractivity contribution in [3.8, 4) is 17.1 Å². The lowest BCUT2D eigenvalue weighted by molar-refractivity contribution is -0.123. The number of hydrogen-bond acceptors (Lipinski definition) is 5. The minimum atomic E-state index is -0.481. The van der Waals surface area contributed by atoms with Crippen LogP contribution in [0.15, 0.2) is 90.1 Å². The first-order valence-corrected chi connectivity index (χ1v) is 12.2. The van der Waals surface area contributed by atoms with E-state index >= 15 is 0 Å². The van der Waals surface area contributed by atoms with Gasteiger partial charge in [0.05, 0.1) is 5.75 Å². The molecule has 0 aliphatic heterocycles. The van der Waals surface area contributed by atoms with Gasteiger partial charge in [0.25, 0.3) is 0 Å². The van der Waals surface area contributed by atoms with E-state index in [1.165, 1.54) is 11.8 Å². The number of amides is 2. The van der Waals surface area contributed by atoms with Crippen molar-refractivity contribution in [1.82, 2.24) is 14.8 Å². The van der Waals surface area contributed by atoms with E-state index in [9.17, 15) is 9.59 Å². The average molecular weight is 486 g/mol. The Morgan fingerprint density at radius 2 is 1.37 bits per heavy atom. The fourth-order valence-corrected chi connectivity index (χ4v) is 3.98. The highest BCUT2D eigenvalue weighted by molar-refractivity contribution is 7.99. The van der Waals surface area contributed by atoms with Crippen molar-refractivity contribution in [2.45, 2.75) is 25.9 Å². The molecule has 0 spiro atoms. The van der Waals surface area contributed by atoms with Gasteiger partial charge in [-0.1, -0.05) is 81.1 Å². The second kappa shape index (κ2) is 10.6. The number of carbonyl (C=O) groups excluding carboxylic acids is 2. The summed E-state index contributed by atoms with van der Waals surface area (Å²) in [5, 5.41) is 15.2. The molecule has 0 saturated carbocycles. The van der Waals surface area contributed by atoms with Crippen molar-refractivity contribution in [2.24, 2.45) is 5.41 Å². The van der Waals surface area contributed by atoms with Crippen LogP contribution in [0.3, 0.4) is 0 Å². The topological polar surface area (TPSA) is 88.9 Å². The van der Waals surface area contributed by atoms with Gasteiger partial charge in [0.1, 0.15) is 0 Å². The second-order valence-corrected chi connectivity index (χ2v) is 9.90. The SMILES string of the molecule is CC(C)(C)C(=O)Nc1ccc(NC(=O)CSc2nnc(-c3ccccc3)n2-c2ccccc2)cc1. The summed E-state index contributed by atoms with van der Waals surface area (Å²) < 4.78 is 1.96. The molecule has 0 fully saturated rings. The van der Waals surface area contributed by atoms with Gasteiger partial charge in [0.15, 0.2) is 11.0 Å². The van der Waals surface area contributed by atoms with E-state index in [1.807, 2.05) is 86.0 Å². The fourth-order valence-electron chi connectivity index (χ4n) is 3.23. The normalized spacial score (nSPS) is 11.2. The molecule has 3 aromatic carbocycles. The Hall–Kier alpha value is -3.91. The maximum absolute atomic E-state index is 12.6. The van der Waals surface area contributed by atoms with Crippen molar-refractivity contribution in [3.63, 3.8) is 0 Å². The van der Waals surface area contributed by atoms with Gasteiger partial charge < -0.3 is 10.6 Å². The highest BCUT2D eigenvalue weighted by Crippen LogP contribution is 2.28. The van der Waals surface area contributed by atoms with Crippen LogP contribution in [-0.2, 0) is 9.59 Å². The minimum Gasteiger partial charge on any atom is -0.326 e. The number of thioether (sulfide) groups is 1. The summed E-state index contributed by atoms with van der Waals surface area (Å²) in [6.07, 6.45) is 0. The molecule has 1 aromatic heterocycles. The number of carbonyl (C=O) groups is 2. The van der Waals surface area contributed by atoms with E-state index in [0.29, 0.717) is 22.4 Å². The number of para-hydroxylation sites is 1. The zero-order valence-corrected chi connectivity index (χ0v) is 20.7. The van der Waals surface area contributed by atoms with Gasteiger partial charge in [0, 0.05) is 28.0 Å². The third-order valence-electron chi connectivity index (χ3n) is 5.12. The predicted molar refractivity (Wildman–Crippen MR) is 141 cm³/mol. The molecule has 2 N–H and O–H groups in total. The highest BCUT2D eigenvalue weighted by Gasteiger charge is 2.21. The lowest BCUT2D eigenvalue weighted by Gasteiger charge is -2.17. The number of benzene rings is 3. The Bertz CT molecular complexity index is 1300. The Morgan fingerprint density at radius 1 is 0.800 bits per heavy atom. The molecule has 0 saturated heterocycles. The number of nitrogens with zero attached hydrogens (tertiary/aromatic N) is 3. The predicted octanol–water partition coefficient (Wildman–Crippen LogP) is 5.65. The summed E-state index contributed by atoms with van der Waals surface area (Å²) >= 11 is 1.32. The van der Waals surface area contributed by atoms with Crippen molar-refractivity contribution in [2.75, 3.05) is 16.4 Å². The van der Waals surface area contributed by atoms with Crippen molar-refractivity contribution in [3.05, 3.63) is 84.9 Å². The minimum absolute atomic E-state index is 0.0666. The van der Waals surface area contributed by atoms with Gasteiger partial charge in [-0.3, -0.25) is 14.2 Å². The van der Waals surface area contributed by atoms with Gasteiger partial charge >= 0.3 is 0 Å². The molecule has 178 valence electrons. The number of aromatic nitrogens is 3. The molecule has 2 amide bonds. The van der Waals surface area contributed by atoms with Crippen LogP contribution in [0.1, 0.15) is 20.8 Å². The quantitative estimate of drug-likeness (QED) is 0.330. The Kier molecular flexibility index (Phi) is 7.31. The third-order valence-corrected chi connectivity index (χ3v) is 6.05. The van der Waals surface area contributed by atoms with Crippen LogP contribution in [0.4, 0.5) is 11.4 Å². The van der Waals surface area contributed by atoms with Gasteiger partial charge in [-0.05, 0) is 36.4 Å². The molecule has 4 rings (SSSR count). The summed E-state index contributed by atoms with van der Waals surface area (Å²) in [7, 11) is 0. The summed E-state index contributed by atoms with van der Waals surface area (Å²) in [6.45, 7) is 5.57. The van der Waals surface area contributed by atoms with Crippen LogP contribution in [0, 0.1) is 5.41 Å². The maximum Gasteiger partial charge on any atom is 0.234 e. The summed E-state index contributed by atoms with van der Waals surface area (Å²) in [6, 6.07) is 26.7. The van der Waals surface area contributed by atoms with Gasteiger partial charge in [-0.2, -0.15) is 0 Å². The first-order valence-electron chi connectivity index (χ1n) is 11.2. The van der Waals surface area contributed by atoms with Crippen LogP contribution < -0.4 is 10.6 Å². The molecule has 35 heavy (non-hydrogen) atoms. The molecule has 7 nitrogen and oxygen atoms in total. The smallest absolute Gasteiger partial charge is 0.234 e. The number of hydrogen-bond donors (Lipinski definition) is 2. The molecule has 0 bridgehead atoms. The molecule has 0 atom stereocenters. The first kappa shape index (κ1) is 24.2. The molecular weight excluding hydrogens is 458 g/mol. The largest absolute Gasteiger partial charge is 0.326 e. The van der Waals surface area contributed by atoms with E-state index in [1.54, 1.807) is 24.3 Å². The third kappa shape index (κ3) is 6.16. The van der Waals surface area contributed by atoms with E-state index < -0.39 is 5.41 Å². The van der Waals surface area contributed by atoms with Crippen LogP contribution in [0.25, 0.3) is 17.1 Å². The van der Waals surface area contributed by atoms with Crippen LogP contribution in [0.2, 0.25) is 0 Å². The summed E-state index contributed by atoms with van der Waals surface area (Å²) in [5.74, 6) is 0.656. The molecule has 1 heterocycles. The Morgan fingerprint density at radius 3 is 1.97 bits per heavy atom. The highest BCUT2D eigenvalue weighted by atomic mass is 32.2. The molecule has 0 unspecified atom stereocenters. The first-order chi connectivity index (χ1) is 16.8. The number of rotatable bonds is 7. The second-order valence-electron chi connectivity index (χ2n) is 8.96. The van der Waals surface area contributed by atoms with Crippen LogP contribution in [-0.4, -0.2) is 32.3 Å². The Labute approximate surface area is 209 Å². The molecule has 0 aliphatic rings. The lowest BCUT2D eigenvalue weighted by atomic mass is 9.95. The zero-order chi connectivity index (χ0) is 24.8. The Balaban J connectivity index is 1.44. The average Bonchev–Trinajstić information content (AvgIpc) is 3.28. The monoisotopic (exact) mass is 485 g/mol. The van der Waals surface area contributed by atoms with Crippen LogP contribution in [0.5, 0.6) is 0 Å². The molecular formula is C27H27N5O2S. The van der Waals surface area contributed by atoms with Gasteiger partial charge in [-0.25, -0.2) is 0 Å². The van der Waals surface area contributed by atoms with Crippen LogP contribution >= 0.6 is 11.8 Å². The van der Waals surface area contributed by atoms with Gasteiger partial charge in [-0.15, -0.1) is 10.2 Å². The van der Waals surface area contributed by atoms with E-state index in [0.717, 1.165) is 11.3 Å². The maximum atomic E-state index is 12.6. The lowest BCUT2D eigenvalue weighted by Crippen LogP contribution is -2.27.